The third-order valence-corrected chi connectivity index (χ3v) is 5.10. The number of rotatable bonds is 5. The van der Waals surface area contributed by atoms with Crippen LogP contribution in [0.3, 0.4) is 0 Å². The van der Waals surface area contributed by atoms with Crippen LogP contribution < -0.4 is 5.32 Å². The number of carboxylic acid groups (broad SMARTS) is 1. The minimum absolute atomic E-state index is 0.147. The Morgan fingerprint density at radius 1 is 1.19 bits per heavy atom. The number of carbonyl (C=O) groups excluding carboxylic acids is 1. The second-order valence-corrected chi connectivity index (χ2v) is 6.86. The van der Waals surface area contributed by atoms with Crippen LogP contribution in [-0.2, 0) is 9.59 Å². The molecule has 1 saturated heterocycles. The molecule has 1 aliphatic heterocycles. The summed E-state index contributed by atoms with van der Waals surface area (Å²) in [4.78, 5) is 25.4. The van der Waals surface area contributed by atoms with E-state index < -0.39 is 11.4 Å². The summed E-state index contributed by atoms with van der Waals surface area (Å²) in [6.45, 7) is 4.12. The fraction of sp³-hybridized carbons (Fsp3) is 0.875. The van der Waals surface area contributed by atoms with Gasteiger partial charge in [0.05, 0.1) is 5.41 Å². The highest BCUT2D eigenvalue weighted by atomic mass is 16.4. The highest BCUT2D eigenvalue weighted by Gasteiger charge is 2.36. The molecule has 1 saturated carbocycles. The molecule has 0 aromatic carbocycles. The van der Waals surface area contributed by atoms with Crippen molar-refractivity contribution >= 4 is 11.9 Å². The van der Waals surface area contributed by atoms with Gasteiger partial charge in [-0.1, -0.05) is 19.3 Å². The average Bonchev–Trinajstić information content (AvgIpc) is 2.47. The zero-order valence-electron chi connectivity index (χ0n) is 13.1. The third kappa shape index (κ3) is 4.70. The van der Waals surface area contributed by atoms with Crippen LogP contribution in [0.2, 0.25) is 0 Å². The first kappa shape index (κ1) is 16.3. The van der Waals surface area contributed by atoms with E-state index in [1.165, 1.54) is 19.3 Å². The van der Waals surface area contributed by atoms with Crippen LogP contribution in [0.1, 0.15) is 58.3 Å². The Balaban J connectivity index is 1.65. The molecule has 0 atom stereocenters. The maximum atomic E-state index is 12.0. The SMILES string of the molecule is CC1(C(=O)O)CCN(CCC(=O)NC2CCCCC2)CC1. The highest BCUT2D eigenvalue weighted by Crippen LogP contribution is 2.30. The number of hydrogen-bond donors (Lipinski definition) is 2. The van der Waals surface area contributed by atoms with Crippen molar-refractivity contribution in [2.75, 3.05) is 19.6 Å². The van der Waals surface area contributed by atoms with Crippen LogP contribution >= 0.6 is 0 Å². The number of carboxylic acids is 1. The summed E-state index contributed by atoms with van der Waals surface area (Å²) in [5, 5.41) is 12.3. The molecular weight excluding hydrogens is 268 g/mol. The van der Waals surface area contributed by atoms with E-state index in [1.54, 1.807) is 0 Å². The van der Waals surface area contributed by atoms with Crippen LogP contribution in [0.15, 0.2) is 0 Å². The van der Waals surface area contributed by atoms with Crippen LogP contribution in [-0.4, -0.2) is 47.6 Å². The lowest BCUT2D eigenvalue weighted by atomic mass is 9.80. The molecular formula is C16H28N2O3. The predicted octanol–water partition coefficient (Wildman–Crippen LogP) is 2.01. The molecule has 5 heteroatoms. The first-order chi connectivity index (χ1) is 9.99. The Hall–Kier alpha value is -1.10. The molecule has 0 aromatic heterocycles. The molecule has 0 radical (unpaired) electrons. The number of nitrogens with zero attached hydrogens (tertiary/aromatic N) is 1. The lowest BCUT2D eigenvalue weighted by Gasteiger charge is -2.36. The van der Waals surface area contributed by atoms with Gasteiger partial charge in [-0.15, -0.1) is 0 Å². The van der Waals surface area contributed by atoms with Gasteiger partial charge in [0.15, 0.2) is 0 Å². The fourth-order valence-corrected chi connectivity index (χ4v) is 3.29. The van der Waals surface area contributed by atoms with Crippen molar-refractivity contribution in [2.24, 2.45) is 5.41 Å². The lowest BCUT2D eigenvalue weighted by Crippen LogP contribution is -2.44. The molecule has 21 heavy (non-hydrogen) atoms. The molecule has 2 fully saturated rings. The second-order valence-electron chi connectivity index (χ2n) is 6.86. The van der Waals surface area contributed by atoms with Gasteiger partial charge in [-0.05, 0) is 45.7 Å². The fourth-order valence-electron chi connectivity index (χ4n) is 3.29. The van der Waals surface area contributed by atoms with E-state index in [0.29, 0.717) is 25.3 Å². The third-order valence-electron chi connectivity index (χ3n) is 5.10. The van der Waals surface area contributed by atoms with E-state index in [-0.39, 0.29) is 5.91 Å². The summed E-state index contributed by atoms with van der Waals surface area (Å²) in [6, 6.07) is 0.378. The maximum absolute atomic E-state index is 12.0. The highest BCUT2D eigenvalue weighted by molar-refractivity contribution is 5.76. The van der Waals surface area contributed by atoms with Gasteiger partial charge in [-0.3, -0.25) is 9.59 Å². The normalized spacial score (nSPS) is 23.7. The van der Waals surface area contributed by atoms with Crippen molar-refractivity contribution in [3.05, 3.63) is 0 Å². The first-order valence-corrected chi connectivity index (χ1v) is 8.25. The van der Waals surface area contributed by atoms with E-state index in [9.17, 15) is 14.7 Å². The van der Waals surface area contributed by atoms with E-state index in [2.05, 4.69) is 10.2 Å². The Morgan fingerprint density at radius 2 is 1.81 bits per heavy atom. The zero-order chi connectivity index (χ0) is 15.3. The number of nitrogens with one attached hydrogen (secondary N) is 1. The molecule has 0 aromatic rings. The topological polar surface area (TPSA) is 69.6 Å². The maximum Gasteiger partial charge on any atom is 0.309 e. The molecule has 2 rings (SSSR count). The zero-order valence-corrected chi connectivity index (χ0v) is 13.1. The first-order valence-electron chi connectivity index (χ1n) is 8.25. The molecule has 0 spiro atoms. The van der Waals surface area contributed by atoms with E-state index >= 15 is 0 Å². The summed E-state index contributed by atoms with van der Waals surface area (Å²) in [6.07, 6.45) is 7.86. The minimum Gasteiger partial charge on any atom is -0.481 e. The van der Waals surface area contributed by atoms with E-state index in [1.807, 2.05) is 6.92 Å². The molecule has 2 aliphatic rings. The van der Waals surface area contributed by atoms with Gasteiger partial charge in [0.1, 0.15) is 0 Å². The Morgan fingerprint density at radius 3 is 2.38 bits per heavy atom. The van der Waals surface area contributed by atoms with Crippen molar-refractivity contribution in [2.45, 2.75) is 64.3 Å². The van der Waals surface area contributed by atoms with Gasteiger partial charge >= 0.3 is 5.97 Å². The van der Waals surface area contributed by atoms with Crippen molar-refractivity contribution in [3.8, 4) is 0 Å². The van der Waals surface area contributed by atoms with Crippen LogP contribution in [0.25, 0.3) is 0 Å². The van der Waals surface area contributed by atoms with Crippen LogP contribution in [0.5, 0.6) is 0 Å². The summed E-state index contributed by atoms with van der Waals surface area (Å²) >= 11 is 0. The molecule has 1 aliphatic carbocycles. The largest absolute Gasteiger partial charge is 0.481 e. The van der Waals surface area contributed by atoms with Gasteiger partial charge in [-0.25, -0.2) is 0 Å². The number of carbonyl (C=O) groups is 2. The number of hydrogen-bond acceptors (Lipinski definition) is 3. The average molecular weight is 296 g/mol. The van der Waals surface area contributed by atoms with Crippen molar-refractivity contribution < 1.29 is 14.7 Å². The number of amides is 1. The molecule has 0 bridgehead atoms. The lowest BCUT2D eigenvalue weighted by molar-refractivity contribution is -0.150. The molecule has 1 heterocycles. The molecule has 120 valence electrons. The van der Waals surface area contributed by atoms with E-state index in [4.69, 9.17) is 0 Å². The molecule has 5 nitrogen and oxygen atoms in total. The second kappa shape index (κ2) is 7.25. The molecule has 2 N–H and O–H groups in total. The van der Waals surface area contributed by atoms with E-state index in [0.717, 1.165) is 32.5 Å². The number of piperidine rings is 1. The standard InChI is InChI=1S/C16H28N2O3/c1-16(15(20)21)8-11-18(12-9-16)10-7-14(19)17-13-5-3-2-4-6-13/h13H,2-12H2,1H3,(H,17,19)(H,20,21). The van der Waals surface area contributed by atoms with Gasteiger partial charge < -0.3 is 15.3 Å². The van der Waals surface area contributed by atoms with Gasteiger partial charge in [-0.2, -0.15) is 0 Å². The summed E-state index contributed by atoms with van der Waals surface area (Å²) in [7, 11) is 0. The Kier molecular flexibility index (Phi) is 5.62. The van der Waals surface area contributed by atoms with Gasteiger partial charge in [0, 0.05) is 19.0 Å². The van der Waals surface area contributed by atoms with Crippen molar-refractivity contribution in [1.82, 2.24) is 10.2 Å². The van der Waals surface area contributed by atoms with Crippen molar-refractivity contribution in [3.63, 3.8) is 0 Å². The quantitative estimate of drug-likeness (QED) is 0.814. The van der Waals surface area contributed by atoms with Crippen LogP contribution in [0, 0.1) is 5.41 Å². The minimum atomic E-state index is -0.697. The van der Waals surface area contributed by atoms with Crippen LogP contribution in [0.4, 0.5) is 0 Å². The monoisotopic (exact) mass is 296 g/mol. The Labute approximate surface area is 127 Å². The number of aliphatic carboxylic acids is 1. The van der Waals surface area contributed by atoms with Gasteiger partial charge in [0.2, 0.25) is 5.91 Å². The Bertz CT molecular complexity index is 370. The summed E-state index contributed by atoms with van der Waals surface area (Å²) in [5.41, 5.74) is -0.582. The number of likely N-dealkylation sites (tertiary alicyclic amines) is 1. The summed E-state index contributed by atoms with van der Waals surface area (Å²) < 4.78 is 0. The summed E-state index contributed by atoms with van der Waals surface area (Å²) in [5.74, 6) is -0.550. The smallest absolute Gasteiger partial charge is 0.309 e. The van der Waals surface area contributed by atoms with Gasteiger partial charge in [0.25, 0.3) is 0 Å². The predicted molar refractivity (Wildman–Crippen MR) is 81.0 cm³/mol. The molecule has 0 unspecified atom stereocenters. The van der Waals surface area contributed by atoms with Crippen molar-refractivity contribution in [1.29, 1.82) is 0 Å². The molecule has 1 amide bonds.